The van der Waals surface area contributed by atoms with Gasteiger partial charge in [0.05, 0.1) is 26.8 Å². The maximum Gasteiger partial charge on any atom is 0.164 e. The van der Waals surface area contributed by atoms with Crippen molar-refractivity contribution < 1.29 is 0 Å². The molecule has 0 N–H and O–H groups in total. The van der Waals surface area contributed by atoms with Crippen molar-refractivity contribution in [2.45, 2.75) is 0 Å². The number of hydrogen-bond acceptors (Lipinski definition) is 4. The fraction of sp³-hybridized carbons (Fsp3) is 0. The quantitative estimate of drug-likeness (QED) is 0.168. The zero-order valence-corrected chi connectivity index (χ0v) is 34.7. The van der Waals surface area contributed by atoms with Crippen LogP contribution in [0, 0.1) is 0 Å². The van der Waals surface area contributed by atoms with Crippen LogP contribution in [-0.2, 0) is 0 Å². The van der Waals surface area contributed by atoms with Crippen LogP contribution in [0.3, 0.4) is 0 Å². The first-order chi connectivity index (χ1) is 31.3. The molecule has 63 heavy (non-hydrogen) atoms. The van der Waals surface area contributed by atoms with Gasteiger partial charge in [-0.3, -0.25) is 0 Å². The lowest BCUT2D eigenvalue weighted by Gasteiger charge is -2.12. The van der Waals surface area contributed by atoms with E-state index in [2.05, 4.69) is 185 Å². The number of nitrogens with zero attached hydrogens (tertiary/aromatic N) is 5. The summed E-state index contributed by atoms with van der Waals surface area (Å²) in [5.74, 6) is 1.93. The minimum absolute atomic E-state index is 0.640. The number of para-hydroxylation sites is 4. The van der Waals surface area contributed by atoms with Gasteiger partial charge in [0.1, 0.15) is 0 Å². The minimum Gasteiger partial charge on any atom is -0.309 e. The van der Waals surface area contributed by atoms with Gasteiger partial charge in [-0.25, -0.2) is 15.0 Å². The summed E-state index contributed by atoms with van der Waals surface area (Å²) in [5.41, 5.74) is 12.2. The van der Waals surface area contributed by atoms with E-state index < -0.39 is 0 Å². The maximum absolute atomic E-state index is 5.22. The third-order valence-electron chi connectivity index (χ3n) is 12.4. The molecule has 0 saturated carbocycles. The van der Waals surface area contributed by atoms with Gasteiger partial charge in [-0.2, -0.15) is 0 Å². The largest absolute Gasteiger partial charge is 0.309 e. The van der Waals surface area contributed by atoms with E-state index in [0.717, 1.165) is 44.4 Å². The summed E-state index contributed by atoms with van der Waals surface area (Å²) in [6.07, 6.45) is 0. The molecule has 13 aromatic rings. The van der Waals surface area contributed by atoms with Crippen molar-refractivity contribution in [1.29, 1.82) is 0 Å². The van der Waals surface area contributed by atoms with Gasteiger partial charge < -0.3 is 9.13 Å². The average molecular weight is 822 g/mol. The van der Waals surface area contributed by atoms with Gasteiger partial charge in [0.25, 0.3) is 0 Å². The molecule has 0 amide bonds. The zero-order chi connectivity index (χ0) is 41.4. The fourth-order valence-corrected chi connectivity index (χ4v) is 11.0. The van der Waals surface area contributed by atoms with Crippen LogP contribution in [0.25, 0.3) is 120 Å². The van der Waals surface area contributed by atoms with Crippen molar-refractivity contribution in [1.82, 2.24) is 24.1 Å². The van der Waals surface area contributed by atoms with Gasteiger partial charge in [-0.05, 0) is 36.4 Å². The molecule has 0 fully saturated rings. The Balaban J connectivity index is 1.11. The molecule has 0 spiro atoms. The Morgan fingerprint density at radius 2 is 0.778 bits per heavy atom. The highest BCUT2D eigenvalue weighted by atomic mass is 32.1. The number of benzene rings is 9. The monoisotopic (exact) mass is 821 g/mol. The first kappa shape index (κ1) is 35.6. The molecule has 0 atom stereocenters. The van der Waals surface area contributed by atoms with Crippen molar-refractivity contribution in [3.63, 3.8) is 0 Å². The summed E-state index contributed by atoms with van der Waals surface area (Å²) in [5, 5.41) is 7.23. The van der Waals surface area contributed by atoms with Gasteiger partial charge in [0, 0.05) is 76.2 Å². The van der Waals surface area contributed by atoms with Crippen LogP contribution in [0.1, 0.15) is 0 Å². The van der Waals surface area contributed by atoms with Crippen molar-refractivity contribution >= 4 is 75.1 Å². The molecule has 4 heterocycles. The molecule has 294 valence electrons. The Bertz CT molecular complexity index is 3830. The molecular formula is C57H35N5S. The Hall–Kier alpha value is -8.19. The second kappa shape index (κ2) is 14.2. The molecular weight excluding hydrogens is 787 g/mol. The number of fused-ring (bicyclic) bond motifs is 10. The standard InChI is InChI=1S/C57H35N5S/c1-5-18-36(19-6-1)55-58-56(37-20-7-2-8-21-37)60-57(59-55)47-31-17-33-49-50(47)46-35-34-45-44-30-16-29-43(53(44)63-54(45)52(46)62(49)39-24-11-4-12-25-39)42-28-15-27-41-40-26-13-14-32-48(40)61(51(41)42)38-22-9-3-10-23-38/h1-35H. The second-order valence-electron chi connectivity index (χ2n) is 15.9. The maximum atomic E-state index is 5.22. The molecule has 0 aliphatic heterocycles. The van der Waals surface area contributed by atoms with Crippen molar-refractivity contribution in [2.75, 3.05) is 0 Å². The number of hydrogen-bond donors (Lipinski definition) is 0. The SMILES string of the molecule is c1ccc(-c2nc(-c3ccccc3)nc(-c3cccc4c3c3ccc5c6cccc(-c7cccc8c9ccccc9n(-c9ccccc9)c78)c6sc5c3n4-c3ccccc3)n2)cc1. The second-order valence-corrected chi connectivity index (χ2v) is 16.9. The van der Waals surface area contributed by atoms with Gasteiger partial charge in [0.2, 0.25) is 0 Å². The Morgan fingerprint density at radius 1 is 0.302 bits per heavy atom. The molecule has 0 aliphatic carbocycles. The van der Waals surface area contributed by atoms with Crippen LogP contribution in [0.15, 0.2) is 212 Å². The average Bonchev–Trinajstić information content (AvgIpc) is 4.03. The number of thiophene rings is 1. The first-order valence-electron chi connectivity index (χ1n) is 21.2. The lowest BCUT2D eigenvalue weighted by molar-refractivity contribution is 1.08. The van der Waals surface area contributed by atoms with Gasteiger partial charge >= 0.3 is 0 Å². The number of aromatic nitrogens is 5. The molecule has 9 aromatic carbocycles. The molecule has 5 nitrogen and oxygen atoms in total. The highest BCUT2D eigenvalue weighted by molar-refractivity contribution is 7.27. The molecule has 0 bridgehead atoms. The Kier molecular flexibility index (Phi) is 8.01. The van der Waals surface area contributed by atoms with Crippen molar-refractivity contribution in [2.24, 2.45) is 0 Å². The lowest BCUT2D eigenvalue weighted by atomic mass is 9.99. The van der Waals surface area contributed by atoms with E-state index in [1.54, 1.807) is 0 Å². The van der Waals surface area contributed by atoms with Crippen LogP contribution in [0.4, 0.5) is 0 Å². The third-order valence-corrected chi connectivity index (χ3v) is 13.6. The van der Waals surface area contributed by atoms with Crippen LogP contribution in [0.5, 0.6) is 0 Å². The van der Waals surface area contributed by atoms with Crippen molar-refractivity contribution in [3.05, 3.63) is 212 Å². The molecule has 6 heteroatoms. The normalized spacial score (nSPS) is 11.8. The van der Waals surface area contributed by atoms with Gasteiger partial charge in [-0.15, -0.1) is 11.3 Å². The summed E-state index contributed by atoms with van der Waals surface area (Å²) in [4.78, 5) is 15.5. The van der Waals surface area contributed by atoms with E-state index >= 15 is 0 Å². The molecule has 0 unspecified atom stereocenters. The molecule has 0 radical (unpaired) electrons. The summed E-state index contributed by atoms with van der Waals surface area (Å²) in [6, 6.07) is 75.4. The summed E-state index contributed by atoms with van der Waals surface area (Å²) >= 11 is 1.88. The van der Waals surface area contributed by atoms with Crippen LogP contribution < -0.4 is 0 Å². The van der Waals surface area contributed by atoms with E-state index in [1.165, 1.54) is 58.6 Å². The van der Waals surface area contributed by atoms with E-state index in [0.29, 0.717) is 17.5 Å². The van der Waals surface area contributed by atoms with Gasteiger partial charge in [0.15, 0.2) is 17.5 Å². The van der Waals surface area contributed by atoms with Crippen LogP contribution in [-0.4, -0.2) is 24.1 Å². The van der Waals surface area contributed by atoms with Gasteiger partial charge in [-0.1, -0.05) is 176 Å². The third kappa shape index (κ3) is 5.52. The highest BCUT2D eigenvalue weighted by Crippen LogP contribution is 2.48. The predicted molar refractivity (Wildman–Crippen MR) is 263 cm³/mol. The summed E-state index contributed by atoms with van der Waals surface area (Å²) in [6.45, 7) is 0. The zero-order valence-electron chi connectivity index (χ0n) is 33.9. The summed E-state index contributed by atoms with van der Waals surface area (Å²) in [7, 11) is 0. The predicted octanol–water partition coefficient (Wildman–Crippen LogP) is 15.1. The highest BCUT2D eigenvalue weighted by Gasteiger charge is 2.24. The molecule has 13 rings (SSSR count). The Labute approximate surface area is 366 Å². The van der Waals surface area contributed by atoms with E-state index in [1.807, 2.05) is 47.7 Å². The fourth-order valence-electron chi connectivity index (χ4n) is 9.66. The van der Waals surface area contributed by atoms with E-state index in [-0.39, 0.29) is 0 Å². The molecule has 4 aromatic heterocycles. The molecule has 0 saturated heterocycles. The topological polar surface area (TPSA) is 48.5 Å². The number of rotatable bonds is 6. The minimum atomic E-state index is 0.640. The lowest BCUT2D eigenvalue weighted by Crippen LogP contribution is -2.00. The van der Waals surface area contributed by atoms with E-state index in [9.17, 15) is 0 Å². The van der Waals surface area contributed by atoms with Crippen molar-refractivity contribution in [3.8, 4) is 56.7 Å². The smallest absolute Gasteiger partial charge is 0.164 e. The molecule has 0 aliphatic rings. The van der Waals surface area contributed by atoms with Crippen LogP contribution in [0.2, 0.25) is 0 Å². The summed E-state index contributed by atoms with van der Waals surface area (Å²) < 4.78 is 7.38. The van der Waals surface area contributed by atoms with E-state index in [4.69, 9.17) is 15.0 Å². The first-order valence-corrected chi connectivity index (χ1v) is 22.0. The van der Waals surface area contributed by atoms with Crippen LogP contribution >= 0.6 is 11.3 Å². The Morgan fingerprint density at radius 3 is 1.46 bits per heavy atom.